The molecule has 0 saturated carbocycles. The van der Waals surface area contributed by atoms with Crippen LogP contribution in [-0.2, 0) is 4.79 Å². The molecule has 0 bridgehead atoms. The van der Waals surface area contributed by atoms with Gasteiger partial charge >= 0.3 is 0 Å². The minimum Gasteiger partial charge on any atom is -0.359 e. The van der Waals surface area contributed by atoms with Gasteiger partial charge < -0.3 is 10.2 Å². The minimum absolute atomic E-state index is 0.286. The molecule has 3 aromatic rings. The van der Waals surface area contributed by atoms with E-state index in [1.165, 1.54) is 24.5 Å². The number of carbonyl (C=O) groups is 1. The number of amides is 1. The van der Waals surface area contributed by atoms with Crippen molar-refractivity contribution in [2.75, 3.05) is 23.3 Å². The molecule has 6 nitrogen and oxygen atoms in total. The number of hydrogen-bond donors (Lipinski definition) is 2. The van der Waals surface area contributed by atoms with Gasteiger partial charge in [-0.1, -0.05) is 0 Å². The zero-order valence-electron chi connectivity index (χ0n) is 15.1. The molecule has 2 aromatic heterocycles. The zero-order chi connectivity index (χ0) is 20.4. The lowest BCUT2D eigenvalue weighted by Crippen LogP contribution is -2.56. The third-order valence-electron chi connectivity index (χ3n) is 4.47. The van der Waals surface area contributed by atoms with Crippen LogP contribution in [0.15, 0.2) is 55.1 Å². The Morgan fingerprint density at radius 3 is 2.59 bits per heavy atom. The molecule has 1 aromatic carbocycles. The number of anilines is 2. The highest BCUT2D eigenvalue weighted by Crippen LogP contribution is 2.32. The van der Waals surface area contributed by atoms with Gasteiger partial charge in [-0.3, -0.25) is 14.9 Å². The van der Waals surface area contributed by atoms with Crippen molar-refractivity contribution in [3.05, 3.63) is 66.5 Å². The molecule has 29 heavy (non-hydrogen) atoms. The first-order valence-electron chi connectivity index (χ1n) is 8.76. The molecule has 148 valence electrons. The van der Waals surface area contributed by atoms with Crippen molar-refractivity contribution in [3.63, 3.8) is 0 Å². The molecule has 1 aliphatic heterocycles. The van der Waals surface area contributed by atoms with Gasteiger partial charge in [-0.2, -0.15) is 5.10 Å². The van der Waals surface area contributed by atoms with Crippen LogP contribution < -0.4 is 10.2 Å². The average molecular weight is 399 g/mol. The van der Waals surface area contributed by atoms with Gasteiger partial charge in [0.15, 0.2) is 0 Å². The van der Waals surface area contributed by atoms with Crippen LogP contribution in [-0.4, -0.2) is 40.1 Å². The Labute approximate surface area is 164 Å². The van der Waals surface area contributed by atoms with Crippen molar-refractivity contribution in [1.29, 1.82) is 0 Å². The number of aromatic amines is 1. The first-order valence-corrected chi connectivity index (χ1v) is 8.76. The van der Waals surface area contributed by atoms with E-state index >= 15 is 0 Å². The second kappa shape index (κ2) is 7.42. The second-order valence-electron chi connectivity index (χ2n) is 6.65. The highest BCUT2D eigenvalue weighted by molar-refractivity contribution is 6.02. The fraction of sp³-hybridized carbons (Fsp3) is 0.150. The van der Waals surface area contributed by atoms with Gasteiger partial charge in [0.2, 0.25) is 5.91 Å². The predicted molar refractivity (Wildman–Crippen MR) is 103 cm³/mol. The Bertz CT molecular complexity index is 1040. The minimum atomic E-state index is -2.64. The maximum Gasteiger partial charge on any atom is 0.282 e. The van der Waals surface area contributed by atoms with Crippen LogP contribution in [0.25, 0.3) is 17.2 Å². The van der Waals surface area contributed by atoms with Gasteiger partial charge in [-0.15, -0.1) is 0 Å². The van der Waals surface area contributed by atoms with E-state index in [-0.39, 0.29) is 18.7 Å². The molecule has 9 heteroatoms. The van der Waals surface area contributed by atoms with E-state index in [4.69, 9.17) is 0 Å². The number of nitrogens with zero attached hydrogens (tertiary/aromatic N) is 3. The van der Waals surface area contributed by atoms with Gasteiger partial charge in [0.1, 0.15) is 5.82 Å². The summed E-state index contributed by atoms with van der Waals surface area (Å²) in [5.74, 6) is -3.59. The Hall–Kier alpha value is -3.62. The molecule has 0 atom stereocenters. The highest BCUT2D eigenvalue weighted by atomic mass is 19.3. The first kappa shape index (κ1) is 18.7. The normalized spacial score (nSPS) is 15.3. The molecular formula is C20H16F3N5O. The summed E-state index contributed by atoms with van der Waals surface area (Å²) < 4.78 is 40.1. The number of halogens is 3. The zero-order valence-corrected chi connectivity index (χ0v) is 15.1. The number of aromatic nitrogens is 3. The van der Waals surface area contributed by atoms with E-state index < -0.39 is 17.6 Å². The van der Waals surface area contributed by atoms with Crippen LogP contribution >= 0.6 is 0 Å². The third-order valence-corrected chi connectivity index (χ3v) is 4.47. The summed E-state index contributed by atoms with van der Waals surface area (Å²) in [5, 5.41) is 9.10. The van der Waals surface area contributed by atoms with E-state index in [1.54, 1.807) is 35.4 Å². The number of hydrogen-bond acceptors (Lipinski definition) is 4. The number of H-pyrrole nitrogens is 1. The van der Waals surface area contributed by atoms with Gasteiger partial charge in [-0.25, -0.2) is 13.2 Å². The van der Waals surface area contributed by atoms with Gasteiger partial charge in [0, 0.05) is 46.5 Å². The molecule has 0 aliphatic carbocycles. The molecular weight excluding hydrogens is 383 g/mol. The van der Waals surface area contributed by atoms with Crippen molar-refractivity contribution in [2.24, 2.45) is 0 Å². The molecule has 0 spiro atoms. The average Bonchev–Trinajstić information content (AvgIpc) is 3.19. The second-order valence-corrected chi connectivity index (χ2v) is 6.65. The number of alkyl halides is 2. The maximum atomic E-state index is 14.2. The number of nitrogens with one attached hydrogen (secondary N) is 2. The smallest absolute Gasteiger partial charge is 0.282 e. The largest absolute Gasteiger partial charge is 0.359 e. The summed E-state index contributed by atoms with van der Waals surface area (Å²) in [5.41, 5.74) is 2.43. The topological polar surface area (TPSA) is 73.9 Å². The molecule has 1 aliphatic rings. The third kappa shape index (κ3) is 4.13. The van der Waals surface area contributed by atoms with Crippen molar-refractivity contribution in [3.8, 4) is 11.1 Å². The molecule has 3 heterocycles. The summed E-state index contributed by atoms with van der Waals surface area (Å²) in [6, 6.07) is 6.61. The van der Waals surface area contributed by atoms with E-state index in [0.29, 0.717) is 22.5 Å². The van der Waals surface area contributed by atoms with Crippen LogP contribution in [0.4, 0.5) is 24.5 Å². The van der Waals surface area contributed by atoms with Crippen molar-refractivity contribution in [2.45, 2.75) is 5.92 Å². The molecule has 1 saturated heterocycles. The van der Waals surface area contributed by atoms with Crippen LogP contribution in [0.3, 0.4) is 0 Å². The number of rotatable bonds is 5. The number of benzene rings is 1. The quantitative estimate of drug-likeness (QED) is 0.642. The Morgan fingerprint density at radius 1 is 1.17 bits per heavy atom. The van der Waals surface area contributed by atoms with Gasteiger partial charge in [0.25, 0.3) is 5.92 Å². The molecule has 0 unspecified atom stereocenters. The van der Waals surface area contributed by atoms with Crippen molar-refractivity contribution in [1.82, 2.24) is 15.2 Å². The summed E-state index contributed by atoms with van der Waals surface area (Å²) >= 11 is 0. The standard InChI is InChI=1S/C20H16F3N5O/c21-17-10-24-7-13(19(17)14-8-25-26-9-14)1-6-18(29)27-15-2-4-16(5-3-15)28-11-20(22,23)12-28/h1-10H,11-12H2,(H,25,26)(H,27,29)/b6-1+. The lowest BCUT2D eigenvalue weighted by atomic mass is 10.0. The van der Waals surface area contributed by atoms with Crippen molar-refractivity contribution >= 4 is 23.4 Å². The maximum absolute atomic E-state index is 14.2. The summed E-state index contributed by atoms with van der Waals surface area (Å²) in [6.07, 6.45) is 8.30. The molecule has 1 amide bonds. The fourth-order valence-electron chi connectivity index (χ4n) is 3.07. The molecule has 0 radical (unpaired) electrons. The lowest BCUT2D eigenvalue weighted by Gasteiger charge is -2.40. The van der Waals surface area contributed by atoms with Crippen molar-refractivity contribution < 1.29 is 18.0 Å². The SMILES string of the molecule is O=C(/C=C/c1cncc(F)c1-c1cn[nH]c1)Nc1ccc(N2CC(F)(F)C2)cc1. The molecule has 1 fully saturated rings. The monoisotopic (exact) mass is 399 g/mol. The van der Waals surface area contributed by atoms with Crippen LogP contribution in [0.1, 0.15) is 5.56 Å². The Morgan fingerprint density at radius 2 is 1.93 bits per heavy atom. The van der Waals surface area contributed by atoms with Gasteiger partial charge in [0.05, 0.1) is 25.5 Å². The van der Waals surface area contributed by atoms with E-state index in [0.717, 1.165) is 6.20 Å². The lowest BCUT2D eigenvalue weighted by molar-refractivity contribution is -0.111. The van der Waals surface area contributed by atoms with E-state index in [2.05, 4.69) is 20.5 Å². The summed E-state index contributed by atoms with van der Waals surface area (Å²) in [6.45, 7) is -0.607. The Balaban J connectivity index is 1.43. The van der Waals surface area contributed by atoms with Gasteiger partial charge in [-0.05, 0) is 30.3 Å². The fourth-order valence-corrected chi connectivity index (χ4v) is 3.07. The number of pyridine rings is 1. The van der Waals surface area contributed by atoms with Crippen LogP contribution in [0.5, 0.6) is 0 Å². The van der Waals surface area contributed by atoms with E-state index in [1.807, 2.05) is 0 Å². The predicted octanol–water partition coefficient (Wildman–Crippen LogP) is 3.72. The first-order chi connectivity index (χ1) is 13.9. The summed E-state index contributed by atoms with van der Waals surface area (Å²) in [4.78, 5) is 17.6. The van der Waals surface area contributed by atoms with Crippen LogP contribution in [0.2, 0.25) is 0 Å². The summed E-state index contributed by atoms with van der Waals surface area (Å²) in [7, 11) is 0. The number of carbonyl (C=O) groups excluding carboxylic acids is 1. The van der Waals surface area contributed by atoms with E-state index in [9.17, 15) is 18.0 Å². The molecule has 4 rings (SSSR count). The highest BCUT2D eigenvalue weighted by Gasteiger charge is 2.43. The Kier molecular flexibility index (Phi) is 4.79. The molecule has 2 N–H and O–H groups in total. The van der Waals surface area contributed by atoms with Crippen LogP contribution in [0, 0.1) is 5.82 Å².